The molecule has 38 heavy (non-hydrogen) atoms. The van der Waals surface area contributed by atoms with Crippen molar-refractivity contribution < 1.29 is 28.5 Å². The number of nitro groups is 2. The normalized spacial score (nSPS) is 10.6. The number of anilines is 1. The zero-order chi connectivity index (χ0) is 27.4. The first-order valence-electron chi connectivity index (χ1n) is 10.7. The molecule has 0 aliphatic carbocycles. The van der Waals surface area contributed by atoms with Crippen LogP contribution in [0, 0.1) is 33.0 Å². The summed E-state index contributed by atoms with van der Waals surface area (Å²) >= 11 is 5.96. The van der Waals surface area contributed by atoms with Gasteiger partial charge in [-0.2, -0.15) is 5.10 Å². The number of carbonyl (C=O) groups is 1. The van der Waals surface area contributed by atoms with Crippen molar-refractivity contribution in [2.24, 2.45) is 0 Å². The van der Waals surface area contributed by atoms with Gasteiger partial charge in [-0.1, -0.05) is 11.6 Å². The van der Waals surface area contributed by atoms with Gasteiger partial charge in [0.2, 0.25) is 5.75 Å². The Kier molecular flexibility index (Phi) is 7.48. The van der Waals surface area contributed by atoms with Crippen molar-refractivity contribution in [1.29, 1.82) is 0 Å². The lowest BCUT2D eigenvalue weighted by Gasteiger charge is -2.11. The van der Waals surface area contributed by atoms with Crippen molar-refractivity contribution in [3.63, 3.8) is 0 Å². The Morgan fingerprint density at radius 3 is 2.55 bits per heavy atom. The van der Waals surface area contributed by atoms with E-state index in [1.54, 1.807) is 25.1 Å². The summed E-state index contributed by atoms with van der Waals surface area (Å²) in [6.07, 6.45) is 1.37. The molecule has 1 amide bonds. The predicted molar refractivity (Wildman–Crippen MR) is 133 cm³/mol. The molecule has 1 aromatic heterocycles. The number of amides is 1. The monoisotopic (exact) mass is 541 g/mol. The zero-order valence-electron chi connectivity index (χ0n) is 19.5. The van der Waals surface area contributed by atoms with Crippen LogP contribution in [0.3, 0.4) is 0 Å². The maximum Gasteiger partial charge on any atom is 0.311 e. The van der Waals surface area contributed by atoms with Crippen LogP contribution in [0.25, 0.3) is 0 Å². The van der Waals surface area contributed by atoms with Gasteiger partial charge in [0.05, 0.1) is 21.6 Å². The van der Waals surface area contributed by atoms with Crippen molar-refractivity contribution in [1.82, 2.24) is 9.78 Å². The highest BCUT2D eigenvalue weighted by atomic mass is 35.5. The van der Waals surface area contributed by atoms with Crippen molar-refractivity contribution in [3.05, 3.63) is 109 Å². The molecule has 0 aliphatic rings. The summed E-state index contributed by atoms with van der Waals surface area (Å²) in [5.74, 6) is -1.20. The molecule has 0 fully saturated rings. The number of nitro benzene ring substituents is 2. The smallest absolute Gasteiger partial charge is 0.311 e. The van der Waals surface area contributed by atoms with Crippen LogP contribution in [0.15, 0.2) is 66.9 Å². The molecular weight excluding hydrogens is 525 g/mol. The summed E-state index contributed by atoms with van der Waals surface area (Å²) in [6.45, 7) is 1.40. The highest BCUT2D eigenvalue weighted by Gasteiger charge is 2.18. The van der Waals surface area contributed by atoms with Gasteiger partial charge in [0.15, 0.2) is 12.4 Å². The van der Waals surface area contributed by atoms with Gasteiger partial charge in [-0.25, -0.2) is 9.07 Å². The number of aromatic nitrogens is 2. The van der Waals surface area contributed by atoms with Gasteiger partial charge in [0.1, 0.15) is 17.3 Å². The van der Waals surface area contributed by atoms with Crippen LogP contribution in [-0.4, -0.2) is 25.5 Å². The number of hydrogen-bond acceptors (Lipinski definition) is 8. The van der Waals surface area contributed by atoms with Crippen LogP contribution < -0.4 is 14.8 Å². The number of hydrogen-bond donors (Lipinski definition) is 1. The van der Waals surface area contributed by atoms with E-state index in [1.165, 1.54) is 24.4 Å². The highest BCUT2D eigenvalue weighted by molar-refractivity contribution is 6.30. The molecule has 194 valence electrons. The van der Waals surface area contributed by atoms with Gasteiger partial charge in [-0.3, -0.25) is 25.0 Å². The van der Waals surface area contributed by atoms with E-state index in [0.29, 0.717) is 16.3 Å². The zero-order valence-corrected chi connectivity index (χ0v) is 20.2. The summed E-state index contributed by atoms with van der Waals surface area (Å²) in [7, 11) is 0. The van der Waals surface area contributed by atoms with Crippen molar-refractivity contribution in [2.45, 2.75) is 13.7 Å². The number of rotatable bonds is 9. The number of carbonyl (C=O) groups excluding carboxylic acids is 1. The van der Waals surface area contributed by atoms with Gasteiger partial charge in [0.25, 0.3) is 11.6 Å². The fourth-order valence-corrected chi connectivity index (χ4v) is 3.54. The van der Waals surface area contributed by atoms with E-state index in [9.17, 15) is 29.4 Å². The van der Waals surface area contributed by atoms with Crippen LogP contribution in [0.2, 0.25) is 5.02 Å². The van der Waals surface area contributed by atoms with Crippen LogP contribution in [-0.2, 0) is 6.73 Å². The maximum absolute atomic E-state index is 13.5. The summed E-state index contributed by atoms with van der Waals surface area (Å²) in [4.78, 5) is 33.9. The summed E-state index contributed by atoms with van der Waals surface area (Å²) in [6, 6.07) is 12.8. The largest absolute Gasteiger partial charge is 0.464 e. The van der Waals surface area contributed by atoms with Crippen LogP contribution in [0.1, 0.15) is 16.1 Å². The third kappa shape index (κ3) is 6.20. The first-order chi connectivity index (χ1) is 18.1. The lowest BCUT2D eigenvalue weighted by atomic mass is 10.2. The van der Waals surface area contributed by atoms with Crippen molar-refractivity contribution in [2.75, 3.05) is 5.32 Å². The predicted octanol–water partition coefficient (Wildman–Crippen LogP) is 5.88. The fraction of sp³-hybridized carbons (Fsp3) is 0.0833. The Labute approximate surface area is 218 Å². The molecule has 4 rings (SSSR count). The molecule has 14 heteroatoms. The molecule has 0 saturated carbocycles. The highest BCUT2D eigenvalue weighted by Crippen LogP contribution is 2.32. The number of halogens is 2. The molecule has 0 bridgehead atoms. The summed E-state index contributed by atoms with van der Waals surface area (Å²) in [5.41, 5.74) is -0.0585. The van der Waals surface area contributed by atoms with Gasteiger partial charge >= 0.3 is 5.69 Å². The lowest BCUT2D eigenvalue weighted by Crippen LogP contribution is -2.14. The second-order valence-corrected chi connectivity index (χ2v) is 8.26. The minimum Gasteiger partial charge on any atom is -0.464 e. The Bertz CT molecular complexity index is 1560. The molecule has 3 aromatic carbocycles. The first kappa shape index (κ1) is 26.0. The molecule has 1 heterocycles. The average Bonchev–Trinajstić information content (AvgIpc) is 3.33. The topological polar surface area (TPSA) is 152 Å². The van der Waals surface area contributed by atoms with E-state index in [0.717, 1.165) is 28.9 Å². The molecule has 0 spiro atoms. The summed E-state index contributed by atoms with van der Waals surface area (Å²) in [5, 5.41) is 29.6. The molecule has 1 N–H and O–H groups in total. The van der Waals surface area contributed by atoms with E-state index < -0.39 is 27.3 Å². The maximum atomic E-state index is 13.5. The minimum atomic E-state index is -0.724. The minimum absolute atomic E-state index is 0.0759. The van der Waals surface area contributed by atoms with Gasteiger partial charge < -0.3 is 14.8 Å². The summed E-state index contributed by atoms with van der Waals surface area (Å²) < 4.78 is 25.7. The van der Waals surface area contributed by atoms with E-state index in [1.807, 2.05) is 0 Å². The number of nitrogens with zero attached hydrogens (tertiary/aromatic N) is 4. The van der Waals surface area contributed by atoms with Crippen LogP contribution in [0.5, 0.6) is 17.2 Å². The molecule has 4 aromatic rings. The number of aryl methyl sites for hydroxylation is 1. The Morgan fingerprint density at radius 2 is 1.84 bits per heavy atom. The number of ether oxygens (including phenoxy) is 2. The van der Waals surface area contributed by atoms with E-state index in [-0.39, 0.29) is 35.3 Å². The molecule has 0 saturated heterocycles. The molecule has 12 nitrogen and oxygen atoms in total. The van der Waals surface area contributed by atoms with Crippen LogP contribution in [0.4, 0.5) is 21.5 Å². The standard InChI is InChI=1S/C24H17ClFN5O7/c1-14-8-15(25)2-5-22(14)38-19-11-17(10-18(12-19)30(33)34)27-24(32)20-6-7-29(28-20)13-37-23-9-16(26)3-4-21(23)31(35)36/h2-12H,13H2,1H3,(H,27,32). The lowest BCUT2D eigenvalue weighted by molar-refractivity contribution is -0.386. The second-order valence-electron chi connectivity index (χ2n) is 7.82. The van der Waals surface area contributed by atoms with Crippen LogP contribution >= 0.6 is 11.6 Å². The third-order valence-electron chi connectivity index (χ3n) is 5.07. The van der Waals surface area contributed by atoms with E-state index >= 15 is 0 Å². The van der Waals surface area contributed by atoms with E-state index in [2.05, 4.69) is 10.4 Å². The molecule has 0 aliphatic heterocycles. The SMILES string of the molecule is Cc1cc(Cl)ccc1Oc1cc(NC(=O)c2ccn(COc3cc(F)ccc3[N+](=O)[O-])n2)cc([N+](=O)[O-])c1. The quantitative estimate of drug-likeness (QED) is 0.203. The number of benzene rings is 3. The Morgan fingerprint density at radius 1 is 1.05 bits per heavy atom. The Hall–Kier alpha value is -5.04. The molecular formula is C24H17ClFN5O7. The molecule has 0 radical (unpaired) electrons. The first-order valence-corrected chi connectivity index (χ1v) is 11.1. The second kappa shape index (κ2) is 10.9. The number of nitrogens with one attached hydrogen (secondary N) is 1. The van der Waals surface area contributed by atoms with Crippen molar-refractivity contribution in [3.8, 4) is 17.2 Å². The van der Waals surface area contributed by atoms with Gasteiger partial charge in [0, 0.05) is 35.5 Å². The van der Waals surface area contributed by atoms with E-state index in [4.69, 9.17) is 21.1 Å². The Balaban J connectivity index is 1.49. The molecule has 0 atom stereocenters. The molecule has 0 unspecified atom stereocenters. The van der Waals surface area contributed by atoms with Gasteiger partial charge in [-0.05, 0) is 42.8 Å². The number of non-ortho nitro benzene ring substituents is 1. The van der Waals surface area contributed by atoms with Crippen molar-refractivity contribution >= 4 is 34.6 Å². The average molecular weight is 542 g/mol. The van der Waals surface area contributed by atoms with Gasteiger partial charge in [-0.15, -0.1) is 0 Å². The third-order valence-corrected chi connectivity index (χ3v) is 5.30. The fourth-order valence-electron chi connectivity index (χ4n) is 3.31.